The predicted octanol–water partition coefficient (Wildman–Crippen LogP) is 4.63. The van der Waals surface area contributed by atoms with Gasteiger partial charge in [0, 0.05) is 7.11 Å². The Balaban J connectivity index is 2.14. The molecule has 2 heteroatoms. The first-order chi connectivity index (χ1) is 8.35. The molecule has 0 heterocycles. The summed E-state index contributed by atoms with van der Waals surface area (Å²) in [5, 5.41) is 0. The molecule has 2 unspecified atom stereocenters. The zero-order valence-corrected chi connectivity index (χ0v) is 11.8. The Kier molecular flexibility index (Phi) is 4.81. The fourth-order valence-corrected chi connectivity index (χ4v) is 3.30. The van der Waals surface area contributed by atoms with Crippen molar-refractivity contribution in [3.05, 3.63) is 40.9 Å². The van der Waals surface area contributed by atoms with Gasteiger partial charge in [-0.15, -0.1) is 0 Å². The highest BCUT2D eigenvalue weighted by Gasteiger charge is 2.24. The summed E-state index contributed by atoms with van der Waals surface area (Å²) in [4.78, 5) is 2.09. The second kappa shape index (κ2) is 6.36. The van der Waals surface area contributed by atoms with E-state index in [1.807, 2.05) is 7.11 Å². The van der Waals surface area contributed by atoms with E-state index in [-0.39, 0.29) is 0 Å². The lowest BCUT2D eigenvalue weighted by Gasteiger charge is -2.30. The van der Waals surface area contributed by atoms with Gasteiger partial charge in [0.15, 0.2) is 0 Å². The molecular weight excluding hydrogens is 276 g/mol. The molecule has 0 aliphatic heterocycles. The van der Waals surface area contributed by atoms with Crippen LogP contribution in [0.2, 0.25) is 0 Å². The van der Waals surface area contributed by atoms with Crippen molar-refractivity contribution in [3.8, 4) is 0 Å². The Bertz CT molecular complexity index is 372. The lowest BCUT2D eigenvalue weighted by molar-refractivity contribution is 0.0605. The summed E-state index contributed by atoms with van der Waals surface area (Å²) in [6, 6.07) is 10.6. The Morgan fingerprint density at radius 1 is 1.29 bits per heavy atom. The van der Waals surface area contributed by atoms with Crippen LogP contribution in [-0.4, -0.2) is 13.2 Å². The molecule has 1 aromatic carbocycles. The van der Waals surface area contributed by atoms with Gasteiger partial charge in [-0.25, -0.2) is 0 Å². The molecule has 2 rings (SSSR count). The van der Waals surface area contributed by atoms with Gasteiger partial charge < -0.3 is 4.74 Å². The summed E-state index contributed by atoms with van der Waals surface area (Å²) in [5.41, 5.74) is 2.73. The number of hydrogen-bond donors (Lipinski definition) is 0. The predicted molar refractivity (Wildman–Crippen MR) is 76.1 cm³/mol. The van der Waals surface area contributed by atoms with Crippen molar-refractivity contribution >= 4 is 21.5 Å². The van der Waals surface area contributed by atoms with Gasteiger partial charge >= 0.3 is 0 Å². The number of rotatable bonds is 3. The first kappa shape index (κ1) is 12.8. The molecule has 0 aromatic heterocycles. The summed E-state index contributed by atoms with van der Waals surface area (Å²) >= 11 is 3.53. The monoisotopic (exact) mass is 294 g/mol. The van der Waals surface area contributed by atoms with E-state index in [2.05, 4.69) is 51.2 Å². The molecule has 1 aromatic rings. The number of allylic oxidation sites excluding steroid dienone is 1. The third-order valence-electron chi connectivity index (χ3n) is 3.62. The maximum atomic E-state index is 5.51. The highest BCUT2D eigenvalue weighted by atomic mass is 79.9. The van der Waals surface area contributed by atoms with Gasteiger partial charge in [-0.1, -0.05) is 52.7 Å². The molecule has 0 spiro atoms. The van der Waals surface area contributed by atoms with Crippen LogP contribution >= 0.6 is 15.9 Å². The number of methoxy groups -OCH3 is 1. The van der Waals surface area contributed by atoms with Crippen molar-refractivity contribution in [2.24, 2.45) is 5.92 Å². The fourth-order valence-electron chi connectivity index (χ4n) is 2.66. The number of ether oxygens (including phenoxy) is 1. The van der Waals surface area contributed by atoms with Crippen LogP contribution in [0.25, 0.3) is 5.57 Å². The molecule has 1 aliphatic carbocycles. The zero-order valence-electron chi connectivity index (χ0n) is 10.2. The van der Waals surface area contributed by atoms with E-state index < -0.39 is 0 Å². The maximum Gasteiger partial charge on any atom is 0.0577 e. The SMILES string of the molecule is COC1CCCC(/C(=C\Br)c2ccccc2)C1. The van der Waals surface area contributed by atoms with E-state index in [0.717, 1.165) is 6.42 Å². The van der Waals surface area contributed by atoms with Crippen LogP contribution in [0.5, 0.6) is 0 Å². The zero-order chi connectivity index (χ0) is 12.1. The smallest absolute Gasteiger partial charge is 0.0577 e. The van der Waals surface area contributed by atoms with E-state index >= 15 is 0 Å². The molecule has 0 radical (unpaired) electrons. The van der Waals surface area contributed by atoms with Gasteiger partial charge in [-0.3, -0.25) is 0 Å². The highest BCUT2D eigenvalue weighted by Crippen LogP contribution is 2.36. The van der Waals surface area contributed by atoms with Crippen LogP contribution in [0.4, 0.5) is 0 Å². The van der Waals surface area contributed by atoms with Gasteiger partial charge in [0.2, 0.25) is 0 Å². The third kappa shape index (κ3) is 3.20. The van der Waals surface area contributed by atoms with Crippen molar-refractivity contribution < 1.29 is 4.74 Å². The molecule has 1 saturated carbocycles. The molecule has 1 aliphatic rings. The summed E-state index contributed by atoms with van der Waals surface area (Å²) in [5.74, 6) is 0.621. The molecule has 17 heavy (non-hydrogen) atoms. The lowest BCUT2D eigenvalue weighted by Crippen LogP contribution is -2.22. The van der Waals surface area contributed by atoms with E-state index in [1.165, 1.54) is 30.4 Å². The highest BCUT2D eigenvalue weighted by molar-refractivity contribution is 9.11. The number of hydrogen-bond acceptors (Lipinski definition) is 1. The number of benzene rings is 1. The Hall–Kier alpha value is -0.600. The first-order valence-corrected chi connectivity index (χ1v) is 7.15. The summed E-state index contributed by atoms with van der Waals surface area (Å²) in [6.07, 6.45) is 5.31. The lowest BCUT2D eigenvalue weighted by atomic mass is 9.80. The molecule has 0 N–H and O–H groups in total. The molecule has 0 saturated heterocycles. The molecule has 1 nitrogen and oxygen atoms in total. The van der Waals surface area contributed by atoms with Crippen LogP contribution in [0.3, 0.4) is 0 Å². The second-order valence-electron chi connectivity index (χ2n) is 4.65. The Morgan fingerprint density at radius 2 is 2.06 bits per heavy atom. The summed E-state index contributed by atoms with van der Waals surface area (Å²) in [6.45, 7) is 0. The minimum Gasteiger partial charge on any atom is -0.381 e. The van der Waals surface area contributed by atoms with Crippen molar-refractivity contribution in [1.29, 1.82) is 0 Å². The molecule has 92 valence electrons. The van der Waals surface area contributed by atoms with Gasteiger partial charge in [0.05, 0.1) is 6.10 Å². The topological polar surface area (TPSA) is 9.23 Å². The van der Waals surface area contributed by atoms with Gasteiger partial charge in [0.25, 0.3) is 0 Å². The van der Waals surface area contributed by atoms with E-state index in [0.29, 0.717) is 12.0 Å². The molecule has 0 amide bonds. The van der Waals surface area contributed by atoms with Gasteiger partial charge in [-0.2, -0.15) is 0 Å². The second-order valence-corrected chi connectivity index (χ2v) is 5.11. The van der Waals surface area contributed by atoms with Crippen molar-refractivity contribution in [2.45, 2.75) is 31.8 Å². The molecule has 0 bridgehead atoms. The fraction of sp³-hybridized carbons (Fsp3) is 0.467. The van der Waals surface area contributed by atoms with Crippen molar-refractivity contribution in [3.63, 3.8) is 0 Å². The van der Waals surface area contributed by atoms with Crippen LogP contribution in [0.1, 0.15) is 31.2 Å². The Labute approximate surface area is 112 Å². The quantitative estimate of drug-likeness (QED) is 0.790. The first-order valence-electron chi connectivity index (χ1n) is 6.23. The molecule has 1 fully saturated rings. The van der Waals surface area contributed by atoms with Crippen LogP contribution < -0.4 is 0 Å². The van der Waals surface area contributed by atoms with E-state index in [4.69, 9.17) is 4.74 Å². The number of halogens is 1. The van der Waals surface area contributed by atoms with Crippen LogP contribution in [0.15, 0.2) is 35.3 Å². The largest absolute Gasteiger partial charge is 0.381 e. The minimum absolute atomic E-state index is 0.430. The summed E-state index contributed by atoms with van der Waals surface area (Å²) in [7, 11) is 1.83. The van der Waals surface area contributed by atoms with E-state index in [1.54, 1.807) is 0 Å². The van der Waals surface area contributed by atoms with E-state index in [9.17, 15) is 0 Å². The van der Waals surface area contributed by atoms with Crippen molar-refractivity contribution in [2.75, 3.05) is 7.11 Å². The normalized spacial score (nSPS) is 25.9. The van der Waals surface area contributed by atoms with Crippen LogP contribution in [0, 0.1) is 5.92 Å². The van der Waals surface area contributed by atoms with Crippen LogP contribution in [-0.2, 0) is 4.74 Å². The van der Waals surface area contributed by atoms with Crippen molar-refractivity contribution in [1.82, 2.24) is 0 Å². The molecular formula is C15H19BrO. The molecule has 2 atom stereocenters. The standard InChI is InChI=1S/C15H19BrO/c1-17-14-9-5-8-13(10-14)15(11-16)12-6-3-2-4-7-12/h2-4,6-7,11,13-14H,5,8-10H2,1H3/b15-11-. The summed E-state index contributed by atoms with van der Waals surface area (Å²) < 4.78 is 5.51. The minimum atomic E-state index is 0.430. The average Bonchev–Trinajstić information content (AvgIpc) is 2.41. The third-order valence-corrected chi connectivity index (χ3v) is 4.12. The Morgan fingerprint density at radius 3 is 2.71 bits per heavy atom. The van der Waals surface area contributed by atoms with Gasteiger partial charge in [0.1, 0.15) is 0 Å². The van der Waals surface area contributed by atoms with Gasteiger partial charge in [-0.05, 0) is 41.3 Å². The maximum absolute atomic E-state index is 5.51. The average molecular weight is 295 g/mol.